The molecule has 0 N–H and O–H groups in total. The second-order valence-corrected chi connectivity index (χ2v) is 6.10. The third-order valence-corrected chi connectivity index (χ3v) is 4.37. The van der Waals surface area contributed by atoms with Gasteiger partial charge in [-0.1, -0.05) is 28.1 Å². The van der Waals surface area contributed by atoms with Gasteiger partial charge in [-0.2, -0.15) is 9.90 Å². The van der Waals surface area contributed by atoms with E-state index < -0.39 is 0 Å². The Kier molecular flexibility index (Phi) is 4.16. The van der Waals surface area contributed by atoms with Crippen LogP contribution in [0.5, 0.6) is 0 Å². The van der Waals surface area contributed by atoms with Gasteiger partial charge in [-0.25, -0.2) is 0 Å². The molecule has 108 valence electrons. The molecule has 1 aromatic carbocycles. The van der Waals surface area contributed by atoms with E-state index in [1.54, 1.807) is 11.0 Å². The number of benzene rings is 1. The first-order valence-electron chi connectivity index (χ1n) is 6.41. The van der Waals surface area contributed by atoms with Crippen LogP contribution < -0.4 is 0 Å². The lowest BCUT2D eigenvalue weighted by Gasteiger charge is -1.99. The molecule has 0 atom stereocenters. The Morgan fingerprint density at radius 3 is 2.57 bits per heavy atom. The molecule has 0 unspecified atom stereocenters. The molecule has 2 heterocycles. The molecule has 0 saturated carbocycles. The van der Waals surface area contributed by atoms with Gasteiger partial charge in [-0.3, -0.25) is 4.68 Å². The van der Waals surface area contributed by atoms with Crippen LogP contribution in [0.15, 0.2) is 39.5 Å². The molecule has 0 aliphatic rings. The third kappa shape index (κ3) is 3.06. The molecule has 0 aliphatic heterocycles. The second-order valence-electron chi connectivity index (χ2n) is 4.43. The Bertz CT molecular complexity index is 746. The van der Waals surface area contributed by atoms with Gasteiger partial charge in [-0.05, 0) is 45.8 Å². The largest absolute Gasteiger partial charge is 0.258 e. The standard InChI is InChI=1S/C13H12Br2N6/c1-2-20-12(15)11(7-16-20)13-17-19-21(18-13)8-9-3-5-10(14)6-4-9/h3-7H,2,8H2,1H3. The van der Waals surface area contributed by atoms with Gasteiger partial charge in [-0.15, -0.1) is 10.2 Å². The fourth-order valence-corrected chi connectivity index (χ4v) is 2.80. The number of hydrogen-bond donors (Lipinski definition) is 0. The number of aryl methyl sites for hydroxylation is 1. The van der Waals surface area contributed by atoms with Crippen LogP contribution in [0.4, 0.5) is 0 Å². The Balaban J connectivity index is 1.82. The number of tetrazole rings is 1. The summed E-state index contributed by atoms with van der Waals surface area (Å²) in [5.74, 6) is 0.568. The Morgan fingerprint density at radius 2 is 1.90 bits per heavy atom. The topological polar surface area (TPSA) is 61.4 Å². The number of nitrogens with zero attached hydrogens (tertiary/aromatic N) is 6. The molecule has 8 heteroatoms. The predicted octanol–water partition coefficient (Wildman–Crippen LogP) is 3.13. The average molecular weight is 412 g/mol. The van der Waals surface area contributed by atoms with Crippen molar-refractivity contribution in [2.75, 3.05) is 0 Å². The first-order valence-corrected chi connectivity index (χ1v) is 8.00. The molecule has 21 heavy (non-hydrogen) atoms. The maximum Gasteiger partial charge on any atom is 0.209 e. The smallest absolute Gasteiger partial charge is 0.209 e. The maximum absolute atomic E-state index is 4.41. The molecular formula is C13H12Br2N6. The van der Waals surface area contributed by atoms with Crippen molar-refractivity contribution >= 4 is 31.9 Å². The highest BCUT2D eigenvalue weighted by Crippen LogP contribution is 2.24. The van der Waals surface area contributed by atoms with Gasteiger partial charge in [0.2, 0.25) is 5.82 Å². The minimum Gasteiger partial charge on any atom is -0.258 e. The van der Waals surface area contributed by atoms with E-state index in [1.165, 1.54) is 0 Å². The molecule has 2 aromatic heterocycles. The normalized spacial score (nSPS) is 11.0. The van der Waals surface area contributed by atoms with E-state index in [0.29, 0.717) is 12.4 Å². The maximum atomic E-state index is 4.41. The Labute approximate surface area is 138 Å². The third-order valence-electron chi connectivity index (χ3n) is 3.01. The van der Waals surface area contributed by atoms with Crippen molar-refractivity contribution in [1.29, 1.82) is 0 Å². The highest BCUT2D eigenvalue weighted by molar-refractivity contribution is 9.10. The van der Waals surface area contributed by atoms with Crippen LogP contribution in [-0.2, 0) is 13.1 Å². The fourth-order valence-electron chi connectivity index (χ4n) is 1.91. The van der Waals surface area contributed by atoms with Crippen molar-refractivity contribution in [2.45, 2.75) is 20.0 Å². The van der Waals surface area contributed by atoms with Crippen LogP contribution in [-0.4, -0.2) is 30.0 Å². The molecule has 0 radical (unpaired) electrons. The highest BCUT2D eigenvalue weighted by Gasteiger charge is 2.14. The lowest BCUT2D eigenvalue weighted by molar-refractivity contribution is 0.573. The molecule has 0 fully saturated rings. The van der Waals surface area contributed by atoms with Gasteiger partial charge >= 0.3 is 0 Å². The Hall–Kier alpha value is -1.54. The number of aromatic nitrogens is 6. The van der Waals surface area contributed by atoms with Crippen LogP contribution in [0.1, 0.15) is 12.5 Å². The van der Waals surface area contributed by atoms with Crippen molar-refractivity contribution < 1.29 is 0 Å². The van der Waals surface area contributed by atoms with Gasteiger partial charge < -0.3 is 0 Å². The summed E-state index contributed by atoms with van der Waals surface area (Å²) in [7, 11) is 0. The van der Waals surface area contributed by atoms with Crippen LogP contribution in [0.2, 0.25) is 0 Å². The van der Waals surface area contributed by atoms with E-state index in [4.69, 9.17) is 0 Å². The van der Waals surface area contributed by atoms with Gasteiger partial charge in [0.25, 0.3) is 0 Å². The molecule has 6 nitrogen and oxygen atoms in total. The van der Waals surface area contributed by atoms with Crippen LogP contribution in [0, 0.1) is 0 Å². The minimum atomic E-state index is 0.568. The number of rotatable bonds is 4. The van der Waals surface area contributed by atoms with E-state index >= 15 is 0 Å². The van der Waals surface area contributed by atoms with Crippen molar-refractivity contribution in [1.82, 2.24) is 30.0 Å². The molecule has 0 aliphatic carbocycles. The van der Waals surface area contributed by atoms with Crippen molar-refractivity contribution in [2.24, 2.45) is 0 Å². The monoisotopic (exact) mass is 410 g/mol. The van der Waals surface area contributed by atoms with Crippen LogP contribution in [0.25, 0.3) is 11.4 Å². The summed E-state index contributed by atoms with van der Waals surface area (Å²) in [5, 5.41) is 16.9. The first-order chi connectivity index (χ1) is 10.2. The first kappa shape index (κ1) is 14.4. The minimum absolute atomic E-state index is 0.568. The summed E-state index contributed by atoms with van der Waals surface area (Å²) in [6.45, 7) is 3.40. The van der Waals surface area contributed by atoms with Gasteiger partial charge in [0.05, 0.1) is 18.3 Å². The zero-order chi connectivity index (χ0) is 14.8. The van der Waals surface area contributed by atoms with Crippen molar-refractivity contribution in [3.05, 3.63) is 45.1 Å². The summed E-state index contributed by atoms with van der Waals surface area (Å²) < 4.78 is 3.76. The summed E-state index contributed by atoms with van der Waals surface area (Å²) in [5.41, 5.74) is 1.96. The zero-order valence-corrected chi connectivity index (χ0v) is 14.4. The molecule has 0 amide bonds. The molecule has 3 rings (SSSR count). The summed E-state index contributed by atoms with van der Waals surface area (Å²) in [4.78, 5) is 1.58. The lowest BCUT2D eigenvalue weighted by Crippen LogP contribution is -2.03. The summed E-state index contributed by atoms with van der Waals surface area (Å²) in [6.07, 6.45) is 1.74. The zero-order valence-electron chi connectivity index (χ0n) is 11.2. The average Bonchev–Trinajstić information content (AvgIpc) is 3.08. The molecule has 0 saturated heterocycles. The lowest BCUT2D eigenvalue weighted by atomic mass is 10.2. The van der Waals surface area contributed by atoms with Crippen molar-refractivity contribution in [3.8, 4) is 11.4 Å². The Morgan fingerprint density at radius 1 is 1.14 bits per heavy atom. The van der Waals surface area contributed by atoms with E-state index in [2.05, 4.69) is 52.4 Å². The van der Waals surface area contributed by atoms with E-state index in [0.717, 1.165) is 26.7 Å². The van der Waals surface area contributed by atoms with Crippen LogP contribution >= 0.6 is 31.9 Å². The van der Waals surface area contributed by atoms with Gasteiger partial charge in [0, 0.05) is 11.0 Å². The molecule has 3 aromatic rings. The SMILES string of the molecule is CCn1ncc(-c2nnn(Cc3ccc(Br)cc3)n2)c1Br. The van der Waals surface area contributed by atoms with Crippen LogP contribution in [0.3, 0.4) is 0 Å². The fraction of sp³-hybridized carbons (Fsp3) is 0.231. The molecule has 0 bridgehead atoms. The van der Waals surface area contributed by atoms with E-state index in [9.17, 15) is 0 Å². The second kappa shape index (κ2) is 6.07. The van der Waals surface area contributed by atoms with Gasteiger partial charge in [0.15, 0.2) is 0 Å². The summed E-state index contributed by atoms with van der Waals surface area (Å²) >= 11 is 6.93. The summed E-state index contributed by atoms with van der Waals surface area (Å²) in [6, 6.07) is 8.04. The molecule has 0 spiro atoms. The quantitative estimate of drug-likeness (QED) is 0.661. The number of halogens is 2. The number of hydrogen-bond acceptors (Lipinski definition) is 4. The van der Waals surface area contributed by atoms with Gasteiger partial charge in [0.1, 0.15) is 4.60 Å². The highest BCUT2D eigenvalue weighted by atomic mass is 79.9. The van der Waals surface area contributed by atoms with E-state index in [-0.39, 0.29) is 0 Å². The van der Waals surface area contributed by atoms with E-state index in [1.807, 2.05) is 35.9 Å². The van der Waals surface area contributed by atoms with Crippen molar-refractivity contribution in [3.63, 3.8) is 0 Å². The molecular weight excluding hydrogens is 400 g/mol. The predicted molar refractivity (Wildman–Crippen MR) is 85.7 cm³/mol.